The van der Waals surface area contributed by atoms with E-state index in [-0.39, 0.29) is 0 Å². The van der Waals surface area contributed by atoms with Gasteiger partial charge in [-0.25, -0.2) is 9.97 Å². The standard InChI is InChI=1S/C16H16N4O/c1-20(16-18-9-13(21-2)10-19-16)11-12-5-3-7-15-14(12)6-4-8-17-15/h3-10H,11H2,1-2H3. The predicted molar refractivity (Wildman–Crippen MR) is 82.4 cm³/mol. The molecule has 1 aromatic carbocycles. The maximum atomic E-state index is 5.07. The summed E-state index contributed by atoms with van der Waals surface area (Å²) in [5.41, 5.74) is 2.20. The normalized spacial score (nSPS) is 10.6. The zero-order valence-electron chi connectivity index (χ0n) is 12.0. The second kappa shape index (κ2) is 5.75. The van der Waals surface area contributed by atoms with Crippen LogP contribution in [-0.4, -0.2) is 29.1 Å². The van der Waals surface area contributed by atoms with Crippen LogP contribution in [0, 0.1) is 0 Å². The summed E-state index contributed by atoms with van der Waals surface area (Å²) >= 11 is 0. The van der Waals surface area contributed by atoms with Gasteiger partial charge >= 0.3 is 0 Å². The number of nitrogens with zero attached hydrogens (tertiary/aromatic N) is 4. The van der Waals surface area contributed by atoms with Crippen molar-refractivity contribution in [1.82, 2.24) is 15.0 Å². The van der Waals surface area contributed by atoms with E-state index in [9.17, 15) is 0 Å². The lowest BCUT2D eigenvalue weighted by Crippen LogP contribution is -2.19. The van der Waals surface area contributed by atoms with E-state index in [0.29, 0.717) is 11.7 Å². The molecule has 0 aliphatic carbocycles. The van der Waals surface area contributed by atoms with Gasteiger partial charge in [0.05, 0.1) is 25.0 Å². The highest BCUT2D eigenvalue weighted by Gasteiger charge is 2.08. The molecule has 0 aliphatic rings. The molecule has 0 amide bonds. The quantitative estimate of drug-likeness (QED) is 0.735. The molecule has 2 aromatic heterocycles. The third-order valence-electron chi connectivity index (χ3n) is 3.34. The van der Waals surface area contributed by atoms with Crippen LogP contribution in [0.1, 0.15) is 5.56 Å². The van der Waals surface area contributed by atoms with Gasteiger partial charge in [0.15, 0.2) is 5.75 Å². The molecule has 21 heavy (non-hydrogen) atoms. The number of benzene rings is 1. The van der Waals surface area contributed by atoms with Gasteiger partial charge in [0.1, 0.15) is 0 Å². The van der Waals surface area contributed by atoms with Gasteiger partial charge in [-0.05, 0) is 17.7 Å². The third kappa shape index (κ3) is 2.76. The van der Waals surface area contributed by atoms with Crippen LogP contribution in [0.2, 0.25) is 0 Å². The number of hydrogen-bond donors (Lipinski definition) is 0. The van der Waals surface area contributed by atoms with Crippen molar-refractivity contribution in [3.05, 3.63) is 54.5 Å². The smallest absolute Gasteiger partial charge is 0.225 e. The third-order valence-corrected chi connectivity index (χ3v) is 3.34. The van der Waals surface area contributed by atoms with E-state index in [4.69, 9.17) is 4.74 Å². The first-order valence-corrected chi connectivity index (χ1v) is 6.68. The summed E-state index contributed by atoms with van der Waals surface area (Å²) in [4.78, 5) is 15.0. The van der Waals surface area contributed by atoms with Crippen LogP contribution in [0.5, 0.6) is 5.75 Å². The lowest BCUT2D eigenvalue weighted by atomic mass is 10.1. The van der Waals surface area contributed by atoms with Crippen molar-refractivity contribution >= 4 is 16.9 Å². The van der Waals surface area contributed by atoms with Crippen LogP contribution >= 0.6 is 0 Å². The molecular formula is C16H16N4O. The molecule has 0 radical (unpaired) electrons. The molecular weight excluding hydrogens is 264 g/mol. The van der Waals surface area contributed by atoms with Crippen molar-refractivity contribution in [2.45, 2.75) is 6.54 Å². The zero-order chi connectivity index (χ0) is 14.7. The molecule has 0 saturated heterocycles. The van der Waals surface area contributed by atoms with Crippen molar-refractivity contribution in [1.29, 1.82) is 0 Å². The minimum atomic E-state index is 0.654. The first kappa shape index (κ1) is 13.3. The first-order chi connectivity index (χ1) is 10.3. The van der Waals surface area contributed by atoms with E-state index in [0.717, 1.165) is 17.4 Å². The Hall–Kier alpha value is -2.69. The molecule has 3 rings (SSSR count). The minimum Gasteiger partial charge on any atom is -0.494 e. The van der Waals surface area contributed by atoms with Crippen molar-refractivity contribution in [2.75, 3.05) is 19.1 Å². The molecule has 3 aromatic rings. The van der Waals surface area contributed by atoms with Crippen molar-refractivity contribution in [2.24, 2.45) is 0 Å². The Bertz CT molecular complexity index is 737. The molecule has 5 nitrogen and oxygen atoms in total. The molecule has 0 atom stereocenters. The fourth-order valence-corrected chi connectivity index (χ4v) is 2.24. The molecule has 0 spiro atoms. The lowest BCUT2D eigenvalue weighted by Gasteiger charge is -2.18. The van der Waals surface area contributed by atoms with Crippen LogP contribution in [0.3, 0.4) is 0 Å². The summed E-state index contributed by atoms with van der Waals surface area (Å²) in [5, 5.41) is 1.15. The van der Waals surface area contributed by atoms with Crippen LogP contribution in [-0.2, 0) is 6.54 Å². The van der Waals surface area contributed by atoms with Crippen LogP contribution < -0.4 is 9.64 Å². The molecule has 106 valence electrons. The molecule has 0 saturated carbocycles. The maximum absolute atomic E-state index is 5.07. The highest BCUT2D eigenvalue weighted by molar-refractivity contribution is 5.82. The van der Waals surface area contributed by atoms with Crippen LogP contribution in [0.15, 0.2) is 48.9 Å². The molecule has 0 aliphatic heterocycles. The Morgan fingerprint density at radius 2 is 1.86 bits per heavy atom. The predicted octanol–water partition coefficient (Wildman–Crippen LogP) is 2.67. The minimum absolute atomic E-state index is 0.654. The van der Waals surface area contributed by atoms with E-state index in [2.05, 4.69) is 27.1 Å². The molecule has 0 fully saturated rings. The van der Waals surface area contributed by atoms with E-state index in [1.54, 1.807) is 19.5 Å². The Morgan fingerprint density at radius 3 is 2.62 bits per heavy atom. The van der Waals surface area contributed by atoms with Crippen LogP contribution in [0.25, 0.3) is 10.9 Å². The number of hydrogen-bond acceptors (Lipinski definition) is 5. The number of fused-ring (bicyclic) bond motifs is 1. The largest absolute Gasteiger partial charge is 0.494 e. The topological polar surface area (TPSA) is 51.1 Å². The Labute approximate surface area is 123 Å². The Kier molecular flexibility index (Phi) is 3.64. The number of ether oxygens (including phenoxy) is 1. The summed E-state index contributed by atoms with van der Waals surface area (Å²) in [6.45, 7) is 0.718. The number of aromatic nitrogens is 3. The zero-order valence-corrected chi connectivity index (χ0v) is 12.0. The molecule has 0 bridgehead atoms. The van der Waals surface area contributed by atoms with Gasteiger partial charge in [0.25, 0.3) is 0 Å². The Balaban J connectivity index is 1.87. The Morgan fingerprint density at radius 1 is 1.05 bits per heavy atom. The van der Waals surface area contributed by atoms with Gasteiger partial charge in [-0.3, -0.25) is 4.98 Å². The fraction of sp³-hybridized carbons (Fsp3) is 0.188. The van der Waals surface area contributed by atoms with E-state index < -0.39 is 0 Å². The van der Waals surface area contributed by atoms with Gasteiger partial charge in [0, 0.05) is 25.2 Å². The van der Waals surface area contributed by atoms with Gasteiger partial charge in [-0.2, -0.15) is 0 Å². The second-order valence-electron chi connectivity index (χ2n) is 4.77. The first-order valence-electron chi connectivity index (χ1n) is 6.68. The van der Waals surface area contributed by atoms with Crippen LogP contribution in [0.4, 0.5) is 5.95 Å². The number of rotatable bonds is 4. The number of anilines is 1. The highest BCUT2D eigenvalue weighted by Crippen LogP contribution is 2.19. The summed E-state index contributed by atoms with van der Waals surface area (Å²) in [5.74, 6) is 1.32. The highest BCUT2D eigenvalue weighted by atomic mass is 16.5. The van der Waals surface area contributed by atoms with E-state index >= 15 is 0 Å². The van der Waals surface area contributed by atoms with Gasteiger partial charge in [0.2, 0.25) is 5.95 Å². The fourth-order valence-electron chi connectivity index (χ4n) is 2.24. The summed E-state index contributed by atoms with van der Waals surface area (Å²) in [7, 11) is 3.57. The van der Waals surface area contributed by atoms with Gasteiger partial charge in [-0.15, -0.1) is 0 Å². The van der Waals surface area contributed by atoms with E-state index in [1.807, 2.05) is 36.3 Å². The molecule has 0 N–H and O–H groups in total. The average Bonchev–Trinajstić information content (AvgIpc) is 2.55. The van der Waals surface area contributed by atoms with Gasteiger partial charge in [-0.1, -0.05) is 18.2 Å². The summed E-state index contributed by atoms with van der Waals surface area (Å²) in [6.07, 6.45) is 5.15. The average molecular weight is 280 g/mol. The molecule has 5 heteroatoms. The molecule has 0 unspecified atom stereocenters. The van der Waals surface area contributed by atoms with Crippen molar-refractivity contribution < 1.29 is 4.74 Å². The lowest BCUT2D eigenvalue weighted by molar-refractivity contribution is 0.410. The number of pyridine rings is 1. The summed E-state index contributed by atoms with van der Waals surface area (Å²) in [6, 6.07) is 10.2. The monoisotopic (exact) mass is 280 g/mol. The maximum Gasteiger partial charge on any atom is 0.225 e. The van der Waals surface area contributed by atoms with Gasteiger partial charge < -0.3 is 9.64 Å². The van der Waals surface area contributed by atoms with Crippen molar-refractivity contribution in [3.63, 3.8) is 0 Å². The second-order valence-corrected chi connectivity index (χ2v) is 4.77. The SMILES string of the molecule is COc1cnc(N(C)Cc2cccc3ncccc23)nc1. The van der Waals surface area contributed by atoms with E-state index in [1.165, 1.54) is 5.56 Å². The number of methoxy groups -OCH3 is 1. The van der Waals surface area contributed by atoms with Crippen molar-refractivity contribution in [3.8, 4) is 5.75 Å². The molecule has 2 heterocycles. The summed E-state index contributed by atoms with van der Waals surface area (Å²) < 4.78 is 5.07.